The number of carboxylic acid groups (broad SMARTS) is 1. The Kier molecular flexibility index (Phi) is 1.88. The van der Waals surface area contributed by atoms with Crippen LogP contribution in [0.5, 0.6) is 0 Å². The van der Waals surface area contributed by atoms with Gasteiger partial charge in [-0.2, -0.15) is 0 Å². The van der Waals surface area contributed by atoms with Crippen molar-refractivity contribution in [1.29, 1.82) is 0 Å². The van der Waals surface area contributed by atoms with E-state index < -0.39 is 11.4 Å². The minimum atomic E-state index is -0.687. The second-order valence-electron chi connectivity index (χ2n) is 4.43. The van der Waals surface area contributed by atoms with Gasteiger partial charge in [-0.3, -0.25) is 4.79 Å². The SMILES string of the molecule is Cc1cccc2c1CC(C)(C(=O)O)C2. The van der Waals surface area contributed by atoms with Gasteiger partial charge in [0.2, 0.25) is 0 Å². The molecular formula is C12H14O2. The predicted octanol–water partition coefficient (Wildman–Crippen LogP) is 2.18. The summed E-state index contributed by atoms with van der Waals surface area (Å²) in [6, 6.07) is 6.09. The second kappa shape index (κ2) is 2.84. The summed E-state index contributed by atoms with van der Waals surface area (Å²) in [5, 5.41) is 9.14. The molecule has 2 nitrogen and oxygen atoms in total. The Morgan fingerprint density at radius 3 is 2.71 bits per heavy atom. The highest BCUT2D eigenvalue weighted by Gasteiger charge is 2.39. The van der Waals surface area contributed by atoms with Crippen molar-refractivity contribution in [3.63, 3.8) is 0 Å². The van der Waals surface area contributed by atoms with E-state index in [1.165, 1.54) is 16.7 Å². The molecule has 1 unspecified atom stereocenters. The van der Waals surface area contributed by atoms with E-state index in [0.717, 1.165) is 0 Å². The Balaban J connectivity index is 2.44. The smallest absolute Gasteiger partial charge is 0.310 e. The normalized spacial score (nSPS) is 24.7. The van der Waals surface area contributed by atoms with E-state index in [1.807, 2.05) is 32.0 Å². The van der Waals surface area contributed by atoms with E-state index in [9.17, 15) is 4.79 Å². The zero-order valence-corrected chi connectivity index (χ0v) is 8.50. The van der Waals surface area contributed by atoms with Crippen LogP contribution in [0.3, 0.4) is 0 Å². The highest BCUT2D eigenvalue weighted by molar-refractivity contribution is 5.76. The third kappa shape index (κ3) is 1.22. The molecule has 1 aromatic rings. The fourth-order valence-corrected chi connectivity index (χ4v) is 2.21. The standard InChI is InChI=1S/C12H14O2/c1-8-4-3-5-9-6-12(2,11(13)14)7-10(8)9/h3-5H,6-7H2,1-2H3,(H,13,14). The number of carbonyl (C=O) groups is 1. The molecule has 0 saturated carbocycles. The van der Waals surface area contributed by atoms with Crippen molar-refractivity contribution < 1.29 is 9.90 Å². The highest BCUT2D eigenvalue weighted by atomic mass is 16.4. The fourth-order valence-electron chi connectivity index (χ4n) is 2.21. The van der Waals surface area contributed by atoms with E-state index >= 15 is 0 Å². The minimum absolute atomic E-state index is 0.589. The quantitative estimate of drug-likeness (QED) is 0.737. The minimum Gasteiger partial charge on any atom is -0.481 e. The highest BCUT2D eigenvalue weighted by Crippen LogP contribution is 2.38. The summed E-state index contributed by atoms with van der Waals surface area (Å²) in [7, 11) is 0. The third-order valence-electron chi connectivity index (χ3n) is 3.17. The topological polar surface area (TPSA) is 37.3 Å². The molecule has 0 fully saturated rings. The van der Waals surface area contributed by atoms with Crippen LogP contribution in [0.15, 0.2) is 18.2 Å². The van der Waals surface area contributed by atoms with Gasteiger partial charge < -0.3 is 5.11 Å². The zero-order valence-electron chi connectivity index (χ0n) is 8.50. The molecule has 2 rings (SSSR count). The van der Waals surface area contributed by atoms with Gasteiger partial charge in [-0.15, -0.1) is 0 Å². The van der Waals surface area contributed by atoms with Crippen LogP contribution in [0.4, 0.5) is 0 Å². The number of hydrogen-bond donors (Lipinski definition) is 1. The van der Waals surface area contributed by atoms with Crippen molar-refractivity contribution in [2.45, 2.75) is 26.7 Å². The molecule has 0 aliphatic heterocycles. The van der Waals surface area contributed by atoms with E-state index in [4.69, 9.17) is 5.11 Å². The largest absolute Gasteiger partial charge is 0.481 e. The van der Waals surface area contributed by atoms with Crippen LogP contribution in [0, 0.1) is 12.3 Å². The van der Waals surface area contributed by atoms with Crippen LogP contribution in [0.1, 0.15) is 23.6 Å². The summed E-state index contributed by atoms with van der Waals surface area (Å²) in [4.78, 5) is 11.1. The van der Waals surface area contributed by atoms with Gasteiger partial charge in [-0.25, -0.2) is 0 Å². The average molecular weight is 190 g/mol. The molecule has 0 bridgehead atoms. The van der Waals surface area contributed by atoms with Crippen LogP contribution < -0.4 is 0 Å². The molecule has 0 spiro atoms. The van der Waals surface area contributed by atoms with Gasteiger partial charge >= 0.3 is 5.97 Å². The number of carboxylic acids is 1. The molecule has 1 atom stereocenters. The Morgan fingerprint density at radius 2 is 2.14 bits per heavy atom. The lowest BCUT2D eigenvalue weighted by molar-refractivity contribution is -0.147. The van der Waals surface area contributed by atoms with Crippen molar-refractivity contribution in [2.75, 3.05) is 0 Å². The van der Waals surface area contributed by atoms with Gasteiger partial charge in [0.1, 0.15) is 0 Å². The molecule has 1 aromatic carbocycles. The summed E-state index contributed by atoms with van der Waals surface area (Å²) >= 11 is 0. The number of aryl methyl sites for hydroxylation is 1. The third-order valence-corrected chi connectivity index (χ3v) is 3.17. The first kappa shape index (κ1) is 9.25. The summed E-state index contributed by atoms with van der Waals surface area (Å²) in [6.45, 7) is 3.88. The maximum absolute atomic E-state index is 11.1. The molecule has 74 valence electrons. The monoisotopic (exact) mass is 190 g/mol. The number of benzene rings is 1. The van der Waals surface area contributed by atoms with Gasteiger partial charge in [0.25, 0.3) is 0 Å². The Bertz CT molecular complexity index is 395. The van der Waals surface area contributed by atoms with Gasteiger partial charge in [-0.05, 0) is 43.4 Å². The van der Waals surface area contributed by atoms with Gasteiger partial charge in [0.15, 0.2) is 0 Å². The first-order valence-electron chi connectivity index (χ1n) is 4.84. The van der Waals surface area contributed by atoms with Crippen molar-refractivity contribution in [3.8, 4) is 0 Å². The molecule has 1 aliphatic rings. The van der Waals surface area contributed by atoms with Crippen LogP contribution in [0.2, 0.25) is 0 Å². The van der Waals surface area contributed by atoms with Gasteiger partial charge in [0, 0.05) is 0 Å². The number of hydrogen-bond acceptors (Lipinski definition) is 1. The molecule has 0 aromatic heterocycles. The predicted molar refractivity (Wildman–Crippen MR) is 54.3 cm³/mol. The molecule has 0 amide bonds. The zero-order chi connectivity index (χ0) is 10.3. The number of fused-ring (bicyclic) bond motifs is 1. The molecule has 0 radical (unpaired) electrons. The fraction of sp³-hybridized carbons (Fsp3) is 0.417. The molecule has 2 heteroatoms. The van der Waals surface area contributed by atoms with Gasteiger partial charge in [-0.1, -0.05) is 18.2 Å². The van der Waals surface area contributed by atoms with Crippen molar-refractivity contribution in [3.05, 3.63) is 34.9 Å². The second-order valence-corrected chi connectivity index (χ2v) is 4.43. The summed E-state index contributed by atoms with van der Waals surface area (Å²) in [5.41, 5.74) is 3.06. The first-order chi connectivity index (χ1) is 6.53. The number of aliphatic carboxylic acids is 1. The summed E-state index contributed by atoms with van der Waals surface area (Å²) in [5.74, 6) is -0.687. The summed E-state index contributed by atoms with van der Waals surface area (Å²) < 4.78 is 0. The van der Waals surface area contributed by atoms with Crippen molar-refractivity contribution in [2.24, 2.45) is 5.41 Å². The van der Waals surface area contributed by atoms with Crippen LogP contribution in [-0.2, 0) is 17.6 Å². The lowest BCUT2D eigenvalue weighted by Gasteiger charge is -2.16. The van der Waals surface area contributed by atoms with E-state index in [2.05, 4.69) is 0 Å². The van der Waals surface area contributed by atoms with Crippen LogP contribution in [0.25, 0.3) is 0 Å². The van der Waals surface area contributed by atoms with Crippen LogP contribution in [-0.4, -0.2) is 11.1 Å². The first-order valence-corrected chi connectivity index (χ1v) is 4.84. The lowest BCUT2D eigenvalue weighted by atomic mass is 9.87. The maximum atomic E-state index is 11.1. The molecule has 0 heterocycles. The number of rotatable bonds is 1. The molecule has 0 saturated heterocycles. The maximum Gasteiger partial charge on any atom is 0.310 e. The summed E-state index contributed by atoms with van der Waals surface area (Å²) in [6.07, 6.45) is 1.34. The Labute approximate surface area is 83.6 Å². The molecule has 1 aliphatic carbocycles. The van der Waals surface area contributed by atoms with Crippen molar-refractivity contribution >= 4 is 5.97 Å². The molecule has 14 heavy (non-hydrogen) atoms. The lowest BCUT2D eigenvalue weighted by Crippen LogP contribution is -2.27. The van der Waals surface area contributed by atoms with Gasteiger partial charge in [0.05, 0.1) is 5.41 Å². The van der Waals surface area contributed by atoms with Crippen LogP contribution >= 0.6 is 0 Å². The Morgan fingerprint density at radius 1 is 1.43 bits per heavy atom. The molecular weight excluding hydrogens is 176 g/mol. The molecule has 1 N–H and O–H groups in total. The van der Waals surface area contributed by atoms with Crippen molar-refractivity contribution in [1.82, 2.24) is 0 Å². The average Bonchev–Trinajstić information content (AvgIpc) is 2.45. The Hall–Kier alpha value is -1.31. The van der Waals surface area contributed by atoms with E-state index in [1.54, 1.807) is 0 Å². The van der Waals surface area contributed by atoms with E-state index in [-0.39, 0.29) is 0 Å². The van der Waals surface area contributed by atoms with E-state index in [0.29, 0.717) is 12.8 Å².